The second-order valence-electron chi connectivity index (χ2n) is 2.50. The Kier molecular flexibility index (Phi) is 2.55. The van der Waals surface area contributed by atoms with Crippen LogP contribution < -0.4 is 5.73 Å². The van der Waals surface area contributed by atoms with E-state index in [0.29, 0.717) is 10.8 Å². The molecule has 0 aliphatic rings. The molecule has 2 rings (SSSR count). The molecule has 0 radical (unpaired) electrons. The number of hydrogen-bond donors (Lipinski definition) is 1. The molecule has 2 aromatic heterocycles. The van der Waals surface area contributed by atoms with Gasteiger partial charge in [-0.3, -0.25) is 0 Å². The first-order chi connectivity index (χ1) is 6.66. The van der Waals surface area contributed by atoms with E-state index in [4.69, 9.17) is 17.3 Å². The molecular weight excluding hydrogens is 316 g/mol. The number of anilines is 1. The summed E-state index contributed by atoms with van der Waals surface area (Å²) in [6.07, 6.45) is 4.96. The molecule has 0 fully saturated rings. The zero-order valence-electron chi connectivity index (χ0n) is 6.85. The number of nitrogens with zero attached hydrogens (tertiary/aromatic N) is 4. The van der Waals surface area contributed by atoms with Gasteiger partial charge in [0, 0.05) is 6.20 Å². The molecule has 0 saturated heterocycles. The van der Waals surface area contributed by atoms with Gasteiger partial charge < -0.3 is 5.73 Å². The summed E-state index contributed by atoms with van der Waals surface area (Å²) in [6, 6.07) is 0. The van der Waals surface area contributed by atoms with Crippen molar-refractivity contribution in [3.8, 4) is 5.82 Å². The van der Waals surface area contributed by atoms with Crippen molar-refractivity contribution in [3.63, 3.8) is 0 Å². The molecule has 0 unspecified atom stereocenters. The van der Waals surface area contributed by atoms with Crippen LogP contribution in [0.4, 0.5) is 5.95 Å². The molecule has 0 saturated carbocycles. The van der Waals surface area contributed by atoms with Crippen molar-refractivity contribution in [2.24, 2.45) is 0 Å². The van der Waals surface area contributed by atoms with E-state index in [1.165, 1.54) is 6.20 Å². The molecule has 0 spiro atoms. The Labute approximate surface area is 98.4 Å². The third-order valence-corrected chi connectivity index (χ3v) is 2.34. The molecule has 2 heterocycles. The second kappa shape index (κ2) is 3.70. The predicted molar refractivity (Wildman–Crippen MR) is 61.3 cm³/mol. The summed E-state index contributed by atoms with van der Waals surface area (Å²) >= 11 is 8.04. The van der Waals surface area contributed by atoms with Crippen LogP contribution in [0.3, 0.4) is 0 Å². The predicted octanol–water partition coefficient (Wildman–Crippen LogP) is 1.50. The fourth-order valence-electron chi connectivity index (χ4n) is 0.949. The van der Waals surface area contributed by atoms with E-state index in [1.54, 1.807) is 17.1 Å². The Morgan fingerprint density at radius 2 is 2.21 bits per heavy atom. The molecule has 72 valence electrons. The lowest BCUT2D eigenvalue weighted by atomic mass is 10.6. The molecule has 0 aliphatic carbocycles. The van der Waals surface area contributed by atoms with Gasteiger partial charge in [0.1, 0.15) is 5.02 Å². The zero-order chi connectivity index (χ0) is 10.1. The highest BCUT2D eigenvalue weighted by Crippen LogP contribution is 2.17. The molecule has 0 aliphatic heterocycles. The Hall–Kier alpha value is -0.890. The van der Waals surface area contributed by atoms with Crippen LogP contribution in [0.5, 0.6) is 0 Å². The number of rotatable bonds is 1. The maximum atomic E-state index is 5.90. The van der Waals surface area contributed by atoms with Crippen LogP contribution in [0.15, 0.2) is 18.6 Å². The third kappa shape index (κ3) is 1.80. The van der Waals surface area contributed by atoms with Gasteiger partial charge in [0.25, 0.3) is 0 Å². The molecule has 0 aromatic carbocycles. The summed E-state index contributed by atoms with van der Waals surface area (Å²) in [6.45, 7) is 0. The van der Waals surface area contributed by atoms with Crippen LogP contribution in [0, 0.1) is 3.57 Å². The van der Waals surface area contributed by atoms with Crippen LogP contribution in [-0.2, 0) is 0 Å². The van der Waals surface area contributed by atoms with Gasteiger partial charge in [-0.2, -0.15) is 10.1 Å². The van der Waals surface area contributed by atoms with Crippen LogP contribution in [0.25, 0.3) is 5.82 Å². The monoisotopic (exact) mass is 321 g/mol. The summed E-state index contributed by atoms with van der Waals surface area (Å²) < 4.78 is 2.55. The average Bonchev–Trinajstić information content (AvgIpc) is 2.56. The van der Waals surface area contributed by atoms with Crippen molar-refractivity contribution < 1.29 is 0 Å². The van der Waals surface area contributed by atoms with E-state index in [9.17, 15) is 0 Å². The first-order valence-electron chi connectivity index (χ1n) is 3.65. The molecule has 0 amide bonds. The van der Waals surface area contributed by atoms with Crippen LogP contribution in [0.2, 0.25) is 5.02 Å². The fourth-order valence-corrected chi connectivity index (χ4v) is 1.51. The minimum Gasteiger partial charge on any atom is -0.368 e. The SMILES string of the molecule is Nc1ncc(Cl)c(-n2cc(I)cn2)n1. The molecular formula is C7H5ClIN5. The lowest BCUT2D eigenvalue weighted by Crippen LogP contribution is -2.03. The Balaban J connectivity index is 2.55. The highest BCUT2D eigenvalue weighted by atomic mass is 127. The normalized spacial score (nSPS) is 10.4. The molecule has 0 atom stereocenters. The Bertz CT molecular complexity index is 469. The quantitative estimate of drug-likeness (QED) is 0.808. The Morgan fingerprint density at radius 3 is 2.86 bits per heavy atom. The lowest BCUT2D eigenvalue weighted by molar-refractivity contribution is 0.842. The molecule has 5 nitrogen and oxygen atoms in total. The van der Waals surface area contributed by atoms with Gasteiger partial charge >= 0.3 is 0 Å². The van der Waals surface area contributed by atoms with Crippen molar-refractivity contribution >= 4 is 40.1 Å². The average molecular weight is 322 g/mol. The minimum absolute atomic E-state index is 0.176. The number of hydrogen-bond acceptors (Lipinski definition) is 4. The number of nitrogen functional groups attached to an aromatic ring is 1. The lowest BCUT2D eigenvalue weighted by Gasteiger charge is -2.02. The van der Waals surface area contributed by atoms with Gasteiger partial charge in [-0.15, -0.1) is 0 Å². The maximum absolute atomic E-state index is 5.90. The summed E-state index contributed by atoms with van der Waals surface area (Å²) in [5.74, 6) is 0.664. The Morgan fingerprint density at radius 1 is 1.43 bits per heavy atom. The highest BCUT2D eigenvalue weighted by molar-refractivity contribution is 14.1. The summed E-state index contributed by atoms with van der Waals surface area (Å²) in [7, 11) is 0. The van der Waals surface area contributed by atoms with E-state index >= 15 is 0 Å². The first kappa shape index (κ1) is 9.66. The van der Waals surface area contributed by atoms with Gasteiger partial charge in [-0.25, -0.2) is 9.67 Å². The molecule has 2 N–H and O–H groups in total. The summed E-state index contributed by atoms with van der Waals surface area (Å²) in [5.41, 5.74) is 5.45. The van der Waals surface area contributed by atoms with Crippen LogP contribution in [-0.4, -0.2) is 19.7 Å². The smallest absolute Gasteiger partial charge is 0.222 e. The van der Waals surface area contributed by atoms with E-state index < -0.39 is 0 Å². The molecule has 14 heavy (non-hydrogen) atoms. The van der Waals surface area contributed by atoms with E-state index in [1.807, 2.05) is 0 Å². The van der Waals surface area contributed by atoms with Crippen LogP contribution in [0.1, 0.15) is 0 Å². The molecule has 0 bridgehead atoms. The van der Waals surface area contributed by atoms with Crippen molar-refractivity contribution in [1.29, 1.82) is 0 Å². The standard InChI is InChI=1S/C7H5ClIN5/c8-5-2-11-7(10)13-6(5)14-3-4(9)1-12-14/h1-3H,(H2,10,11,13). The van der Waals surface area contributed by atoms with E-state index in [0.717, 1.165) is 3.57 Å². The summed E-state index contributed by atoms with van der Waals surface area (Å²) in [5, 5.41) is 4.48. The maximum Gasteiger partial charge on any atom is 0.222 e. The molecule has 7 heteroatoms. The van der Waals surface area contributed by atoms with Gasteiger partial charge in [-0.1, -0.05) is 11.6 Å². The molecule has 2 aromatic rings. The van der Waals surface area contributed by atoms with Gasteiger partial charge in [0.05, 0.1) is 16.0 Å². The largest absolute Gasteiger partial charge is 0.368 e. The van der Waals surface area contributed by atoms with Gasteiger partial charge in [0.2, 0.25) is 5.95 Å². The number of halogens is 2. The fraction of sp³-hybridized carbons (Fsp3) is 0. The van der Waals surface area contributed by atoms with Crippen molar-refractivity contribution in [1.82, 2.24) is 19.7 Å². The van der Waals surface area contributed by atoms with Crippen molar-refractivity contribution in [3.05, 3.63) is 27.2 Å². The second-order valence-corrected chi connectivity index (χ2v) is 4.16. The third-order valence-electron chi connectivity index (χ3n) is 1.51. The van der Waals surface area contributed by atoms with E-state index in [2.05, 4.69) is 37.7 Å². The van der Waals surface area contributed by atoms with E-state index in [-0.39, 0.29) is 5.95 Å². The van der Waals surface area contributed by atoms with Crippen molar-refractivity contribution in [2.45, 2.75) is 0 Å². The van der Waals surface area contributed by atoms with Gasteiger partial charge in [0.15, 0.2) is 5.82 Å². The zero-order valence-corrected chi connectivity index (χ0v) is 9.77. The highest BCUT2D eigenvalue weighted by Gasteiger charge is 2.06. The topological polar surface area (TPSA) is 69.6 Å². The summed E-state index contributed by atoms with van der Waals surface area (Å²) in [4.78, 5) is 7.75. The van der Waals surface area contributed by atoms with Crippen LogP contribution >= 0.6 is 34.2 Å². The number of aromatic nitrogens is 4. The number of nitrogens with two attached hydrogens (primary N) is 1. The first-order valence-corrected chi connectivity index (χ1v) is 5.11. The van der Waals surface area contributed by atoms with Crippen molar-refractivity contribution in [2.75, 3.05) is 5.73 Å². The minimum atomic E-state index is 0.176. The van der Waals surface area contributed by atoms with Gasteiger partial charge in [-0.05, 0) is 22.6 Å².